The molecule has 4 rings (SSSR count). The minimum Gasteiger partial charge on any atom is -0.463 e. The van der Waals surface area contributed by atoms with Gasteiger partial charge in [0.05, 0.1) is 12.0 Å². The average Bonchev–Trinajstić information content (AvgIpc) is 3.42. The number of hydrogen-bond acceptors (Lipinski definition) is 5. The van der Waals surface area contributed by atoms with Crippen LogP contribution in [0.4, 0.5) is 5.82 Å². The second-order valence-electron chi connectivity index (χ2n) is 6.70. The summed E-state index contributed by atoms with van der Waals surface area (Å²) in [5, 5.41) is 7.57. The molecular formula is C22H21N5O2. The molecule has 0 atom stereocenters. The molecule has 1 amide bonds. The van der Waals surface area contributed by atoms with Gasteiger partial charge in [-0.3, -0.25) is 4.79 Å². The molecule has 0 unspecified atom stereocenters. The van der Waals surface area contributed by atoms with Crippen molar-refractivity contribution in [2.24, 2.45) is 0 Å². The lowest BCUT2D eigenvalue weighted by Crippen LogP contribution is -2.26. The van der Waals surface area contributed by atoms with E-state index in [2.05, 4.69) is 15.4 Å². The van der Waals surface area contributed by atoms with Crippen LogP contribution in [0.2, 0.25) is 0 Å². The quantitative estimate of drug-likeness (QED) is 0.548. The van der Waals surface area contributed by atoms with Crippen LogP contribution in [0.3, 0.4) is 0 Å². The Morgan fingerprint density at radius 1 is 1.10 bits per heavy atom. The largest absolute Gasteiger partial charge is 0.463 e. The topological polar surface area (TPSA) is 76.2 Å². The molecule has 1 aromatic carbocycles. The first-order chi connectivity index (χ1) is 14.1. The molecule has 0 aliphatic rings. The first-order valence-corrected chi connectivity index (χ1v) is 9.22. The van der Waals surface area contributed by atoms with E-state index in [-0.39, 0.29) is 5.91 Å². The van der Waals surface area contributed by atoms with Gasteiger partial charge in [-0.15, -0.1) is 0 Å². The normalized spacial score (nSPS) is 10.7. The summed E-state index contributed by atoms with van der Waals surface area (Å²) >= 11 is 0. The number of carbonyl (C=O) groups excluding carboxylic acids is 1. The number of benzene rings is 1. The number of furan rings is 1. The van der Waals surface area contributed by atoms with Gasteiger partial charge in [0.2, 0.25) is 0 Å². The summed E-state index contributed by atoms with van der Waals surface area (Å²) < 4.78 is 7.08. The molecule has 0 aliphatic carbocycles. The van der Waals surface area contributed by atoms with Gasteiger partial charge in [-0.1, -0.05) is 24.3 Å². The van der Waals surface area contributed by atoms with Crippen molar-refractivity contribution in [2.45, 2.75) is 6.54 Å². The number of hydrogen-bond donors (Lipinski definition) is 1. The molecule has 0 aliphatic heterocycles. The highest BCUT2D eigenvalue weighted by Crippen LogP contribution is 2.22. The Labute approximate surface area is 168 Å². The van der Waals surface area contributed by atoms with Crippen LogP contribution in [0.5, 0.6) is 0 Å². The van der Waals surface area contributed by atoms with Gasteiger partial charge in [0.25, 0.3) is 5.91 Å². The van der Waals surface area contributed by atoms with Gasteiger partial charge in [-0.05, 0) is 30.3 Å². The molecule has 0 saturated heterocycles. The lowest BCUT2D eigenvalue weighted by atomic mass is 10.2. The van der Waals surface area contributed by atoms with E-state index in [9.17, 15) is 4.79 Å². The summed E-state index contributed by atoms with van der Waals surface area (Å²) in [7, 11) is 3.85. The van der Waals surface area contributed by atoms with Crippen LogP contribution in [0, 0.1) is 0 Å². The summed E-state index contributed by atoms with van der Waals surface area (Å²) in [6, 6.07) is 18.7. The molecule has 1 N–H and O–H groups in total. The summed E-state index contributed by atoms with van der Waals surface area (Å²) in [5.41, 5.74) is 2.76. The van der Waals surface area contributed by atoms with E-state index >= 15 is 0 Å². The second-order valence-corrected chi connectivity index (χ2v) is 6.70. The van der Waals surface area contributed by atoms with Crippen molar-refractivity contribution in [3.63, 3.8) is 0 Å². The summed E-state index contributed by atoms with van der Waals surface area (Å²) in [6.45, 7) is 0.357. The molecule has 7 heteroatoms. The Bertz CT molecular complexity index is 1100. The molecule has 29 heavy (non-hydrogen) atoms. The van der Waals surface area contributed by atoms with Crippen molar-refractivity contribution in [1.29, 1.82) is 0 Å². The first-order valence-electron chi connectivity index (χ1n) is 9.22. The molecule has 146 valence electrons. The van der Waals surface area contributed by atoms with Crippen LogP contribution in [-0.4, -0.2) is 34.8 Å². The maximum absolute atomic E-state index is 13.0. The maximum Gasteiger partial charge on any atom is 0.270 e. The van der Waals surface area contributed by atoms with Crippen LogP contribution in [0.25, 0.3) is 17.1 Å². The van der Waals surface area contributed by atoms with Gasteiger partial charge in [0.1, 0.15) is 17.2 Å². The zero-order valence-corrected chi connectivity index (χ0v) is 16.2. The monoisotopic (exact) mass is 387 g/mol. The highest BCUT2D eigenvalue weighted by atomic mass is 16.3. The van der Waals surface area contributed by atoms with Gasteiger partial charge in [-0.25, -0.2) is 9.67 Å². The van der Waals surface area contributed by atoms with Crippen LogP contribution in [0.15, 0.2) is 77.5 Å². The second kappa shape index (κ2) is 8.02. The van der Waals surface area contributed by atoms with Gasteiger partial charge in [-0.2, -0.15) is 5.10 Å². The molecule has 0 fully saturated rings. The molecule has 7 nitrogen and oxygen atoms in total. The molecule has 0 saturated carbocycles. The Hall–Kier alpha value is -3.87. The number of para-hydroxylation sites is 1. The zero-order valence-electron chi connectivity index (χ0n) is 16.2. The highest BCUT2D eigenvalue weighted by Gasteiger charge is 2.19. The number of rotatable bonds is 6. The fraction of sp³-hybridized carbons (Fsp3) is 0.136. The molecule has 0 bridgehead atoms. The van der Waals surface area contributed by atoms with Gasteiger partial charge in [0, 0.05) is 38.5 Å². The summed E-state index contributed by atoms with van der Waals surface area (Å²) in [6.07, 6.45) is 3.32. The van der Waals surface area contributed by atoms with Gasteiger partial charge >= 0.3 is 0 Å². The molecule has 3 aromatic heterocycles. The van der Waals surface area contributed by atoms with E-state index in [0.717, 1.165) is 17.1 Å². The number of aromatic nitrogens is 3. The van der Waals surface area contributed by atoms with Crippen molar-refractivity contribution in [3.8, 4) is 17.1 Å². The Morgan fingerprint density at radius 3 is 2.66 bits per heavy atom. The summed E-state index contributed by atoms with van der Waals surface area (Å²) in [4.78, 5) is 19.3. The first kappa shape index (κ1) is 18.5. The number of nitrogens with zero attached hydrogens (tertiary/aromatic N) is 4. The van der Waals surface area contributed by atoms with E-state index in [4.69, 9.17) is 4.42 Å². The van der Waals surface area contributed by atoms with E-state index < -0.39 is 0 Å². The fourth-order valence-corrected chi connectivity index (χ4v) is 3.09. The SMILES string of the molecule is CN(C)c1ncccc1CNC(=O)c1cc(-c2ccco2)nn1-c1ccccc1. The Morgan fingerprint density at radius 2 is 1.93 bits per heavy atom. The minimum absolute atomic E-state index is 0.229. The van der Waals surface area contributed by atoms with Crippen molar-refractivity contribution < 1.29 is 9.21 Å². The van der Waals surface area contributed by atoms with Crippen molar-refractivity contribution in [1.82, 2.24) is 20.1 Å². The van der Waals surface area contributed by atoms with E-state index in [1.165, 1.54) is 0 Å². The predicted octanol–water partition coefficient (Wildman–Crippen LogP) is 3.52. The van der Waals surface area contributed by atoms with E-state index in [1.807, 2.05) is 67.5 Å². The number of nitrogens with one attached hydrogen (secondary N) is 1. The van der Waals surface area contributed by atoms with E-state index in [1.54, 1.807) is 29.3 Å². The third kappa shape index (κ3) is 3.89. The lowest BCUT2D eigenvalue weighted by Gasteiger charge is -2.16. The molecular weight excluding hydrogens is 366 g/mol. The smallest absolute Gasteiger partial charge is 0.270 e. The minimum atomic E-state index is -0.229. The standard InChI is InChI=1S/C22H21N5O2/c1-26(2)21-16(8-6-12-23-21)15-24-22(28)19-14-18(20-11-7-13-29-20)25-27(19)17-9-4-3-5-10-17/h3-14H,15H2,1-2H3,(H,24,28). The number of amides is 1. The number of pyridine rings is 1. The van der Waals surface area contributed by atoms with E-state index in [0.29, 0.717) is 23.7 Å². The van der Waals surface area contributed by atoms with Gasteiger partial charge in [0.15, 0.2) is 5.76 Å². The van der Waals surface area contributed by atoms with Crippen LogP contribution in [0.1, 0.15) is 16.1 Å². The van der Waals surface area contributed by atoms with Crippen LogP contribution >= 0.6 is 0 Å². The predicted molar refractivity (Wildman–Crippen MR) is 111 cm³/mol. The highest BCUT2D eigenvalue weighted by molar-refractivity contribution is 5.94. The van der Waals surface area contributed by atoms with Crippen molar-refractivity contribution in [3.05, 3.63) is 84.4 Å². The third-order valence-corrected chi connectivity index (χ3v) is 4.45. The van der Waals surface area contributed by atoms with Gasteiger partial charge < -0.3 is 14.6 Å². The van der Waals surface area contributed by atoms with Crippen LogP contribution in [-0.2, 0) is 6.54 Å². The van der Waals surface area contributed by atoms with Crippen molar-refractivity contribution >= 4 is 11.7 Å². The molecule has 4 aromatic rings. The van der Waals surface area contributed by atoms with Crippen LogP contribution < -0.4 is 10.2 Å². The lowest BCUT2D eigenvalue weighted by molar-refractivity contribution is 0.0943. The number of anilines is 1. The fourth-order valence-electron chi connectivity index (χ4n) is 3.09. The molecule has 3 heterocycles. The Balaban J connectivity index is 1.64. The third-order valence-electron chi connectivity index (χ3n) is 4.45. The molecule has 0 spiro atoms. The number of carbonyl (C=O) groups is 1. The Kier molecular flexibility index (Phi) is 5.11. The molecule has 0 radical (unpaired) electrons. The van der Waals surface area contributed by atoms with Crippen molar-refractivity contribution in [2.75, 3.05) is 19.0 Å². The summed E-state index contributed by atoms with van der Waals surface area (Å²) in [5.74, 6) is 1.20. The average molecular weight is 387 g/mol. The maximum atomic E-state index is 13.0. The zero-order chi connectivity index (χ0) is 20.2.